The lowest BCUT2D eigenvalue weighted by Gasteiger charge is -2.29. The van der Waals surface area contributed by atoms with Gasteiger partial charge in [0.15, 0.2) is 0 Å². The Morgan fingerprint density at radius 1 is 1.25 bits per heavy atom. The summed E-state index contributed by atoms with van der Waals surface area (Å²) in [5.41, 5.74) is 6.70. The summed E-state index contributed by atoms with van der Waals surface area (Å²) < 4.78 is 0. The van der Waals surface area contributed by atoms with Crippen LogP contribution in [0.1, 0.15) is 51.5 Å². The molecule has 0 unspecified atom stereocenters. The van der Waals surface area contributed by atoms with Crippen molar-refractivity contribution in [2.45, 2.75) is 58.4 Å². The van der Waals surface area contributed by atoms with Crippen LogP contribution in [0.4, 0.5) is 5.95 Å². The van der Waals surface area contributed by atoms with Crippen molar-refractivity contribution < 1.29 is 0 Å². The van der Waals surface area contributed by atoms with Gasteiger partial charge < -0.3 is 10.6 Å². The second-order valence-electron chi connectivity index (χ2n) is 6.24. The topological polar surface area (TPSA) is 55.0 Å². The van der Waals surface area contributed by atoms with E-state index in [9.17, 15) is 0 Å². The maximum absolute atomic E-state index is 5.57. The van der Waals surface area contributed by atoms with Crippen LogP contribution in [-0.4, -0.2) is 29.1 Å². The van der Waals surface area contributed by atoms with Crippen molar-refractivity contribution in [3.8, 4) is 0 Å². The average molecular weight is 276 g/mol. The molecule has 1 saturated carbocycles. The van der Waals surface area contributed by atoms with Crippen LogP contribution in [0.25, 0.3) is 0 Å². The molecule has 0 bridgehead atoms. The normalized spacial score (nSPS) is 16.0. The molecule has 0 aliphatic heterocycles. The van der Waals surface area contributed by atoms with Crippen molar-refractivity contribution in [1.29, 1.82) is 0 Å². The number of rotatable bonds is 7. The van der Waals surface area contributed by atoms with Gasteiger partial charge in [0, 0.05) is 25.0 Å². The fourth-order valence-electron chi connectivity index (χ4n) is 2.85. The van der Waals surface area contributed by atoms with Crippen molar-refractivity contribution in [2.24, 2.45) is 11.7 Å². The maximum atomic E-state index is 5.57. The molecule has 1 aromatic heterocycles. The van der Waals surface area contributed by atoms with E-state index >= 15 is 0 Å². The van der Waals surface area contributed by atoms with Gasteiger partial charge in [0.1, 0.15) is 0 Å². The summed E-state index contributed by atoms with van der Waals surface area (Å²) in [6, 6.07) is 0.633. The Hall–Kier alpha value is -1.16. The molecule has 2 N–H and O–H groups in total. The summed E-state index contributed by atoms with van der Waals surface area (Å²) in [6.45, 7) is 6.27. The zero-order valence-corrected chi connectivity index (χ0v) is 12.9. The summed E-state index contributed by atoms with van der Waals surface area (Å²) in [7, 11) is 0. The van der Waals surface area contributed by atoms with Gasteiger partial charge in [0.25, 0.3) is 0 Å². The Morgan fingerprint density at radius 2 is 1.90 bits per heavy atom. The standard InChI is InChI=1S/C16H28N4/c1-13(2)8-10-20(15-5-3-4-6-15)16-18-11-14(7-9-17)12-19-16/h11-13,15H,3-10,17H2,1-2H3. The first-order valence-electron chi connectivity index (χ1n) is 7.98. The maximum Gasteiger partial charge on any atom is 0.225 e. The van der Waals surface area contributed by atoms with Gasteiger partial charge in [-0.2, -0.15) is 0 Å². The Kier molecular flexibility index (Phi) is 5.77. The van der Waals surface area contributed by atoms with E-state index in [-0.39, 0.29) is 0 Å². The van der Waals surface area contributed by atoms with Gasteiger partial charge in [-0.1, -0.05) is 26.7 Å². The third-order valence-corrected chi connectivity index (χ3v) is 4.09. The Labute approximate surface area is 122 Å². The highest BCUT2D eigenvalue weighted by molar-refractivity contribution is 5.32. The summed E-state index contributed by atoms with van der Waals surface area (Å²) in [6.07, 6.45) is 11.2. The van der Waals surface area contributed by atoms with E-state index in [2.05, 4.69) is 28.7 Å². The largest absolute Gasteiger partial charge is 0.338 e. The molecule has 1 aliphatic rings. The summed E-state index contributed by atoms with van der Waals surface area (Å²) in [4.78, 5) is 11.6. The van der Waals surface area contributed by atoms with Crippen molar-refractivity contribution in [3.05, 3.63) is 18.0 Å². The Morgan fingerprint density at radius 3 is 2.45 bits per heavy atom. The summed E-state index contributed by atoms with van der Waals surface area (Å²) >= 11 is 0. The van der Waals surface area contributed by atoms with Crippen molar-refractivity contribution in [2.75, 3.05) is 18.0 Å². The lowest BCUT2D eigenvalue weighted by atomic mass is 10.1. The van der Waals surface area contributed by atoms with Crippen LogP contribution in [0, 0.1) is 5.92 Å². The predicted octanol–water partition coefficient (Wildman–Crippen LogP) is 2.77. The average Bonchev–Trinajstić information content (AvgIpc) is 2.95. The summed E-state index contributed by atoms with van der Waals surface area (Å²) in [5.74, 6) is 1.62. The first-order chi connectivity index (χ1) is 9.70. The molecule has 112 valence electrons. The van der Waals surface area contributed by atoms with Crippen LogP contribution in [-0.2, 0) is 6.42 Å². The van der Waals surface area contributed by atoms with Gasteiger partial charge in [0.2, 0.25) is 5.95 Å². The molecule has 0 atom stereocenters. The van der Waals surface area contributed by atoms with Crippen molar-refractivity contribution >= 4 is 5.95 Å². The van der Waals surface area contributed by atoms with Crippen molar-refractivity contribution in [1.82, 2.24) is 9.97 Å². The molecule has 1 fully saturated rings. The van der Waals surface area contributed by atoms with E-state index in [1.165, 1.54) is 32.1 Å². The third-order valence-electron chi connectivity index (χ3n) is 4.09. The van der Waals surface area contributed by atoms with E-state index in [4.69, 9.17) is 5.73 Å². The van der Waals surface area contributed by atoms with E-state index in [1.807, 2.05) is 12.4 Å². The highest BCUT2D eigenvalue weighted by Gasteiger charge is 2.24. The fraction of sp³-hybridized carbons (Fsp3) is 0.750. The minimum atomic E-state index is 0.633. The lowest BCUT2D eigenvalue weighted by molar-refractivity contribution is 0.520. The second kappa shape index (κ2) is 7.58. The lowest BCUT2D eigenvalue weighted by Crippen LogP contribution is -2.36. The van der Waals surface area contributed by atoms with Gasteiger partial charge in [-0.3, -0.25) is 0 Å². The van der Waals surface area contributed by atoms with Crippen LogP contribution in [0.15, 0.2) is 12.4 Å². The Bertz CT molecular complexity index is 382. The number of nitrogens with two attached hydrogens (primary N) is 1. The molecule has 0 amide bonds. The molecule has 4 nitrogen and oxygen atoms in total. The SMILES string of the molecule is CC(C)CCN(c1ncc(CCN)cn1)C1CCCC1. The van der Waals surface area contributed by atoms with Gasteiger partial charge >= 0.3 is 0 Å². The molecule has 2 rings (SSSR count). The van der Waals surface area contributed by atoms with Crippen LogP contribution in [0.5, 0.6) is 0 Å². The smallest absolute Gasteiger partial charge is 0.225 e. The molecule has 0 radical (unpaired) electrons. The number of anilines is 1. The summed E-state index contributed by atoms with van der Waals surface area (Å²) in [5, 5.41) is 0. The van der Waals surface area contributed by atoms with Crippen LogP contribution in [0.3, 0.4) is 0 Å². The molecule has 20 heavy (non-hydrogen) atoms. The Balaban J connectivity index is 2.07. The second-order valence-corrected chi connectivity index (χ2v) is 6.24. The zero-order chi connectivity index (χ0) is 14.4. The first-order valence-corrected chi connectivity index (χ1v) is 7.98. The van der Waals surface area contributed by atoms with Gasteiger partial charge in [-0.05, 0) is 43.7 Å². The third kappa shape index (κ3) is 4.17. The molecule has 4 heteroatoms. The van der Waals surface area contributed by atoms with Crippen LogP contribution >= 0.6 is 0 Å². The van der Waals surface area contributed by atoms with E-state index in [1.54, 1.807) is 0 Å². The highest BCUT2D eigenvalue weighted by atomic mass is 15.3. The molecule has 0 aromatic carbocycles. The number of hydrogen-bond donors (Lipinski definition) is 1. The molecule has 1 heterocycles. The van der Waals surface area contributed by atoms with Gasteiger partial charge in [-0.15, -0.1) is 0 Å². The molecule has 1 aliphatic carbocycles. The first kappa shape index (κ1) is 15.2. The van der Waals surface area contributed by atoms with Crippen LogP contribution in [0.2, 0.25) is 0 Å². The number of aromatic nitrogens is 2. The van der Waals surface area contributed by atoms with E-state index in [0.717, 1.165) is 30.4 Å². The molecular weight excluding hydrogens is 248 g/mol. The molecule has 1 aromatic rings. The van der Waals surface area contributed by atoms with Gasteiger partial charge in [0.05, 0.1) is 0 Å². The zero-order valence-electron chi connectivity index (χ0n) is 12.9. The molecule has 0 spiro atoms. The van der Waals surface area contributed by atoms with Crippen LogP contribution < -0.4 is 10.6 Å². The van der Waals surface area contributed by atoms with Gasteiger partial charge in [-0.25, -0.2) is 9.97 Å². The molecular formula is C16H28N4. The quantitative estimate of drug-likeness (QED) is 0.832. The predicted molar refractivity (Wildman–Crippen MR) is 83.8 cm³/mol. The highest BCUT2D eigenvalue weighted by Crippen LogP contribution is 2.26. The van der Waals surface area contributed by atoms with Crippen molar-refractivity contribution in [3.63, 3.8) is 0 Å². The monoisotopic (exact) mass is 276 g/mol. The fourth-order valence-corrected chi connectivity index (χ4v) is 2.85. The van der Waals surface area contributed by atoms with E-state index < -0.39 is 0 Å². The number of hydrogen-bond acceptors (Lipinski definition) is 4. The minimum absolute atomic E-state index is 0.633. The minimum Gasteiger partial charge on any atom is -0.338 e. The van der Waals surface area contributed by atoms with E-state index in [0.29, 0.717) is 12.6 Å². The molecule has 0 saturated heterocycles. The number of nitrogens with zero attached hydrogens (tertiary/aromatic N) is 3.